The van der Waals surface area contributed by atoms with Gasteiger partial charge in [0, 0.05) is 16.6 Å². The number of benzene rings is 3. The molecular weight excluding hydrogens is 432 g/mol. The van der Waals surface area contributed by atoms with Gasteiger partial charge in [0.05, 0.1) is 5.69 Å². The third kappa shape index (κ3) is 5.00. The Labute approximate surface area is 179 Å². The number of nitrogens with one attached hydrogen (secondary N) is 1. The first-order chi connectivity index (χ1) is 13.3. The van der Waals surface area contributed by atoms with E-state index in [1.165, 1.54) is 5.56 Å². The molecule has 0 unspecified atom stereocenters. The summed E-state index contributed by atoms with van der Waals surface area (Å²) in [5, 5.41) is 6.32. The molecule has 0 bridgehead atoms. The molecule has 0 saturated heterocycles. The van der Waals surface area contributed by atoms with Crippen LogP contribution in [0.2, 0.25) is 0 Å². The molecule has 0 radical (unpaired) electrons. The molecule has 0 aliphatic rings. The Morgan fingerprint density at radius 3 is 2.21 bits per heavy atom. The van der Waals surface area contributed by atoms with Crippen LogP contribution >= 0.6 is 28.3 Å². The Balaban J connectivity index is 0.00000225. The summed E-state index contributed by atoms with van der Waals surface area (Å²) in [7, 11) is 0. The third-order valence-electron chi connectivity index (χ3n) is 4.25. The summed E-state index contributed by atoms with van der Waals surface area (Å²) in [4.78, 5) is 4.70. The smallest absolute Gasteiger partial charge is 0.187 e. The van der Waals surface area contributed by atoms with Gasteiger partial charge in [-0.2, -0.15) is 0 Å². The summed E-state index contributed by atoms with van der Waals surface area (Å²) in [5.74, 6) is 1.64. The Morgan fingerprint density at radius 1 is 0.857 bits per heavy atom. The van der Waals surface area contributed by atoms with E-state index in [1.807, 2.05) is 54.6 Å². The molecular formula is C23H21BrN2OS. The van der Waals surface area contributed by atoms with Crippen LogP contribution in [0.3, 0.4) is 0 Å². The van der Waals surface area contributed by atoms with Gasteiger partial charge in [-0.3, -0.25) is 0 Å². The second-order valence-electron chi connectivity index (χ2n) is 6.15. The molecule has 0 saturated carbocycles. The van der Waals surface area contributed by atoms with Crippen molar-refractivity contribution < 1.29 is 4.74 Å². The lowest BCUT2D eigenvalue weighted by Crippen LogP contribution is -1.90. The fourth-order valence-corrected chi connectivity index (χ4v) is 3.47. The lowest BCUT2D eigenvalue weighted by molar-refractivity contribution is 0.483. The van der Waals surface area contributed by atoms with Gasteiger partial charge in [-0.25, -0.2) is 4.98 Å². The number of nitrogens with zero attached hydrogens (tertiary/aromatic N) is 1. The molecule has 0 atom stereocenters. The fraction of sp³-hybridized carbons (Fsp3) is 0.0870. The van der Waals surface area contributed by atoms with Crippen molar-refractivity contribution in [2.45, 2.75) is 13.3 Å². The van der Waals surface area contributed by atoms with Gasteiger partial charge in [0.25, 0.3) is 0 Å². The van der Waals surface area contributed by atoms with Gasteiger partial charge >= 0.3 is 0 Å². The van der Waals surface area contributed by atoms with E-state index in [0.717, 1.165) is 40.0 Å². The number of hydrogen-bond donors (Lipinski definition) is 1. The average Bonchev–Trinajstić information content (AvgIpc) is 3.19. The van der Waals surface area contributed by atoms with Crippen molar-refractivity contribution in [3.63, 3.8) is 0 Å². The van der Waals surface area contributed by atoms with Crippen LogP contribution in [0.15, 0.2) is 84.2 Å². The number of halogens is 1. The molecule has 28 heavy (non-hydrogen) atoms. The highest BCUT2D eigenvalue weighted by atomic mass is 79.9. The van der Waals surface area contributed by atoms with Gasteiger partial charge in [-0.1, -0.05) is 49.4 Å². The van der Waals surface area contributed by atoms with Gasteiger partial charge in [0.2, 0.25) is 0 Å². The zero-order chi connectivity index (χ0) is 18.5. The predicted octanol–water partition coefficient (Wildman–Crippen LogP) is 7.49. The molecule has 0 amide bonds. The minimum absolute atomic E-state index is 0. The summed E-state index contributed by atoms with van der Waals surface area (Å²) in [6.07, 6.45) is 1.05. The molecule has 3 nitrogen and oxygen atoms in total. The van der Waals surface area contributed by atoms with Crippen molar-refractivity contribution >= 4 is 39.1 Å². The van der Waals surface area contributed by atoms with Crippen molar-refractivity contribution in [2.24, 2.45) is 0 Å². The van der Waals surface area contributed by atoms with Gasteiger partial charge in [-0.05, 0) is 48.4 Å². The van der Waals surface area contributed by atoms with Gasteiger partial charge in [0.15, 0.2) is 5.13 Å². The van der Waals surface area contributed by atoms with Gasteiger partial charge in [0.1, 0.15) is 11.5 Å². The van der Waals surface area contributed by atoms with Crippen molar-refractivity contribution in [1.29, 1.82) is 0 Å². The van der Waals surface area contributed by atoms with Crippen LogP contribution in [0.4, 0.5) is 10.8 Å². The molecule has 4 rings (SSSR count). The predicted molar refractivity (Wildman–Crippen MR) is 123 cm³/mol. The lowest BCUT2D eigenvalue weighted by Gasteiger charge is -2.07. The van der Waals surface area contributed by atoms with Crippen molar-refractivity contribution in [3.8, 4) is 22.8 Å². The van der Waals surface area contributed by atoms with Crippen molar-refractivity contribution in [2.75, 3.05) is 5.32 Å². The first-order valence-electron chi connectivity index (χ1n) is 8.95. The Hall–Kier alpha value is -2.63. The highest BCUT2D eigenvalue weighted by Gasteiger charge is 2.05. The minimum atomic E-state index is 0. The maximum absolute atomic E-state index is 5.82. The van der Waals surface area contributed by atoms with Crippen LogP contribution in [0.5, 0.6) is 11.5 Å². The van der Waals surface area contributed by atoms with Crippen LogP contribution in [0.1, 0.15) is 12.5 Å². The zero-order valence-corrected chi connectivity index (χ0v) is 18.0. The third-order valence-corrected chi connectivity index (χ3v) is 5.00. The molecule has 0 spiro atoms. The Morgan fingerprint density at radius 2 is 1.54 bits per heavy atom. The summed E-state index contributed by atoms with van der Waals surface area (Å²) < 4.78 is 5.82. The quantitative estimate of drug-likeness (QED) is 0.329. The van der Waals surface area contributed by atoms with Crippen molar-refractivity contribution in [3.05, 3.63) is 89.8 Å². The van der Waals surface area contributed by atoms with E-state index in [0.29, 0.717) is 0 Å². The first kappa shape index (κ1) is 20.1. The second kappa shape index (κ2) is 9.53. The standard InChI is InChI=1S/C23H20N2OS.BrH/c1-2-17-8-10-18(11-9-17)22-16-27-23(25-22)24-19-12-14-21(15-13-19)26-20-6-4-3-5-7-20;/h3-16H,2H2,1H3,(H,24,25);1H. The van der Waals surface area contributed by atoms with Crippen LogP contribution in [-0.2, 0) is 6.42 Å². The SMILES string of the molecule is Br.CCc1ccc(-c2csc(Nc3ccc(Oc4ccccc4)cc3)n2)cc1. The zero-order valence-electron chi connectivity index (χ0n) is 15.5. The topological polar surface area (TPSA) is 34.1 Å². The van der Waals surface area contributed by atoms with E-state index in [1.54, 1.807) is 11.3 Å². The number of ether oxygens (including phenoxy) is 1. The van der Waals surface area contributed by atoms with Crippen LogP contribution in [-0.4, -0.2) is 4.98 Å². The first-order valence-corrected chi connectivity index (χ1v) is 9.83. The van der Waals surface area contributed by atoms with Crippen LogP contribution in [0, 0.1) is 0 Å². The van der Waals surface area contributed by atoms with Gasteiger partial charge < -0.3 is 10.1 Å². The Kier molecular flexibility index (Phi) is 6.85. The summed E-state index contributed by atoms with van der Waals surface area (Å²) in [6.45, 7) is 2.16. The number of aromatic nitrogens is 1. The molecule has 0 fully saturated rings. The summed E-state index contributed by atoms with van der Waals surface area (Å²) >= 11 is 1.60. The average molecular weight is 453 g/mol. The largest absolute Gasteiger partial charge is 0.457 e. The molecule has 3 aromatic carbocycles. The van der Waals surface area contributed by atoms with E-state index in [-0.39, 0.29) is 17.0 Å². The highest BCUT2D eigenvalue weighted by molar-refractivity contribution is 8.93. The lowest BCUT2D eigenvalue weighted by atomic mass is 10.1. The number of rotatable bonds is 6. The molecule has 0 aliphatic carbocycles. The number of aryl methyl sites for hydroxylation is 1. The van der Waals surface area contributed by atoms with Crippen LogP contribution in [0.25, 0.3) is 11.3 Å². The molecule has 142 valence electrons. The van der Waals surface area contributed by atoms with E-state index in [9.17, 15) is 0 Å². The number of anilines is 2. The number of hydrogen-bond acceptors (Lipinski definition) is 4. The number of para-hydroxylation sites is 1. The maximum Gasteiger partial charge on any atom is 0.187 e. The molecule has 1 aromatic heterocycles. The summed E-state index contributed by atoms with van der Waals surface area (Å²) in [5.41, 5.74) is 4.46. The molecule has 1 N–H and O–H groups in total. The molecule has 5 heteroatoms. The maximum atomic E-state index is 5.82. The highest BCUT2D eigenvalue weighted by Crippen LogP contribution is 2.29. The normalized spacial score (nSPS) is 10.2. The number of thiazole rings is 1. The Bertz CT molecular complexity index is 999. The van der Waals surface area contributed by atoms with Crippen molar-refractivity contribution in [1.82, 2.24) is 4.98 Å². The second-order valence-corrected chi connectivity index (χ2v) is 7.01. The monoisotopic (exact) mass is 452 g/mol. The van der Waals surface area contributed by atoms with E-state index >= 15 is 0 Å². The van der Waals surface area contributed by atoms with E-state index in [4.69, 9.17) is 9.72 Å². The van der Waals surface area contributed by atoms with E-state index in [2.05, 4.69) is 41.9 Å². The van der Waals surface area contributed by atoms with Gasteiger partial charge in [-0.15, -0.1) is 28.3 Å². The van der Waals surface area contributed by atoms with E-state index < -0.39 is 0 Å². The fourth-order valence-electron chi connectivity index (χ4n) is 2.73. The summed E-state index contributed by atoms with van der Waals surface area (Å²) in [6, 6.07) is 26.3. The molecule has 4 aromatic rings. The van der Waals surface area contributed by atoms with Crippen LogP contribution < -0.4 is 10.1 Å². The minimum Gasteiger partial charge on any atom is -0.457 e. The molecule has 1 heterocycles. The molecule has 0 aliphatic heterocycles.